The van der Waals surface area contributed by atoms with Gasteiger partial charge in [0.05, 0.1) is 0 Å². The number of ether oxygens (including phenoxy) is 1. The summed E-state index contributed by atoms with van der Waals surface area (Å²) < 4.78 is 11.0. The largest absolute Gasteiger partial charge is 0.439 e. The van der Waals surface area contributed by atoms with Crippen molar-refractivity contribution in [2.75, 3.05) is 0 Å². The second-order valence-corrected chi connectivity index (χ2v) is 5.47. The van der Waals surface area contributed by atoms with Gasteiger partial charge < -0.3 is 9.15 Å². The third kappa shape index (κ3) is 3.23. The first-order chi connectivity index (χ1) is 12.2. The van der Waals surface area contributed by atoms with E-state index in [0.717, 1.165) is 16.6 Å². The molecule has 3 aromatic heterocycles. The number of pyridine rings is 1. The molecule has 25 heavy (non-hydrogen) atoms. The normalized spacial score (nSPS) is 10.8. The Balaban J connectivity index is 1.71. The molecule has 0 radical (unpaired) electrons. The summed E-state index contributed by atoms with van der Waals surface area (Å²) in [5.74, 6) is 1.47. The van der Waals surface area contributed by atoms with E-state index in [1.807, 2.05) is 25.1 Å². The van der Waals surface area contributed by atoms with Crippen LogP contribution in [0.1, 0.15) is 5.69 Å². The molecule has 0 atom stereocenters. The quantitative estimate of drug-likeness (QED) is 0.532. The number of nitrogens with zero attached hydrogens (tertiary/aromatic N) is 3. The minimum Gasteiger partial charge on any atom is -0.439 e. The molecular weight excluding hydrogens is 318 g/mol. The minimum atomic E-state index is -0.401. The van der Waals surface area contributed by atoms with Crippen LogP contribution in [-0.4, -0.2) is 15.0 Å². The first kappa shape index (κ1) is 15.0. The molecule has 1 aromatic carbocycles. The third-order valence-electron chi connectivity index (χ3n) is 3.57. The van der Waals surface area contributed by atoms with Crippen LogP contribution in [0, 0.1) is 6.92 Å². The molecule has 0 spiro atoms. The average Bonchev–Trinajstić information content (AvgIpc) is 2.61. The van der Waals surface area contributed by atoms with Crippen molar-refractivity contribution >= 4 is 11.0 Å². The number of rotatable bonds is 3. The maximum absolute atomic E-state index is 11.4. The molecule has 0 fully saturated rings. The van der Waals surface area contributed by atoms with Gasteiger partial charge in [0.15, 0.2) is 5.82 Å². The van der Waals surface area contributed by atoms with Crippen LogP contribution >= 0.6 is 0 Å². The Morgan fingerprint density at radius 1 is 1.04 bits per heavy atom. The molecule has 4 aromatic rings. The number of aryl methyl sites for hydroxylation is 1. The van der Waals surface area contributed by atoms with E-state index >= 15 is 0 Å². The zero-order valence-corrected chi connectivity index (χ0v) is 13.3. The monoisotopic (exact) mass is 331 g/mol. The van der Waals surface area contributed by atoms with Crippen LogP contribution < -0.4 is 10.4 Å². The summed E-state index contributed by atoms with van der Waals surface area (Å²) in [6.45, 7) is 1.87. The van der Waals surface area contributed by atoms with Crippen LogP contribution in [0.3, 0.4) is 0 Å². The van der Waals surface area contributed by atoms with E-state index in [1.165, 1.54) is 6.07 Å². The van der Waals surface area contributed by atoms with Gasteiger partial charge in [-0.2, -0.15) is 4.98 Å². The van der Waals surface area contributed by atoms with Gasteiger partial charge in [-0.25, -0.2) is 9.78 Å². The lowest BCUT2D eigenvalue weighted by Gasteiger charge is -2.08. The topological polar surface area (TPSA) is 78.1 Å². The Bertz CT molecular complexity index is 1110. The molecule has 0 saturated carbocycles. The SMILES string of the molecule is Cc1cc(Oc2ccc3ccc(=O)oc3c2)nc(-c2cccnc2)n1. The fourth-order valence-corrected chi connectivity index (χ4v) is 2.44. The Morgan fingerprint density at radius 2 is 1.92 bits per heavy atom. The number of hydrogen-bond acceptors (Lipinski definition) is 6. The Hall–Kier alpha value is -3.54. The third-order valence-corrected chi connectivity index (χ3v) is 3.57. The molecule has 0 aliphatic rings. The molecule has 0 amide bonds. The summed E-state index contributed by atoms with van der Waals surface area (Å²) in [6, 6.07) is 13.8. The molecule has 0 bridgehead atoms. The summed E-state index contributed by atoms with van der Waals surface area (Å²) >= 11 is 0. The zero-order chi connectivity index (χ0) is 17.2. The molecule has 0 saturated heterocycles. The highest BCUT2D eigenvalue weighted by atomic mass is 16.5. The average molecular weight is 331 g/mol. The van der Waals surface area contributed by atoms with Gasteiger partial charge in [-0.1, -0.05) is 0 Å². The number of benzene rings is 1. The second kappa shape index (κ2) is 6.16. The molecule has 0 unspecified atom stereocenters. The minimum absolute atomic E-state index is 0.401. The van der Waals surface area contributed by atoms with Gasteiger partial charge in [0, 0.05) is 47.2 Å². The molecule has 0 aliphatic carbocycles. The zero-order valence-electron chi connectivity index (χ0n) is 13.3. The van der Waals surface area contributed by atoms with Crippen molar-refractivity contribution in [3.63, 3.8) is 0 Å². The lowest BCUT2D eigenvalue weighted by molar-refractivity contribution is 0.460. The standard InChI is InChI=1S/C19H13N3O3/c1-12-9-17(22-19(21-12)14-3-2-8-20-11-14)24-15-6-4-13-5-7-18(23)25-16(13)10-15/h2-11H,1H3. The van der Waals surface area contributed by atoms with Crippen LogP contribution in [0.2, 0.25) is 0 Å². The van der Waals surface area contributed by atoms with E-state index in [0.29, 0.717) is 23.0 Å². The predicted molar refractivity (Wildman–Crippen MR) is 92.6 cm³/mol. The van der Waals surface area contributed by atoms with Crippen molar-refractivity contribution in [3.05, 3.63) is 77.0 Å². The van der Waals surface area contributed by atoms with E-state index in [1.54, 1.807) is 36.7 Å². The molecule has 4 rings (SSSR count). The van der Waals surface area contributed by atoms with Gasteiger partial charge >= 0.3 is 5.63 Å². The highest BCUT2D eigenvalue weighted by Crippen LogP contribution is 2.26. The lowest BCUT2D eigenvalue weighted by atomic mass is 10.2. The molecule has 122 valence electrons. The molecule has 3 heterocycles. The summed E-state index contributed by atoms with van der Waals surface area (Å²) in [7, 11) is 0. The van der Waals surface area contributed by atoms with E-state index in [-0.39, 0.29) is 0 Å². The van der Waals surface area contributed by atoms with Crippen molar-refractivity contribution < 1.29 is 9.15 Å². The first-order valence-electron chi connectivity index (χ1n) is 7.65. The molecule has 6 nitrogen and oxygen atoms in total. The van der Waals surface area contributed by atoms with E-state index in [4.69, 9.17) is 9.15 Å². The van der Waals surface area contributed by atoms with Crippen LogP contribution in [-0.2, 0) is 0 Å². The van der Waals surface area contributed by atoms with Crippen LogP contribution in [0.25, 0.3) is 22.4 Å². The molecule has 0 aliphatic heterocycles. The van der Waals surface area contributed by atoms with Crippen LogP contribution in [0.15, 0.2) is 70.1 Å². The van der Waals surface area contributed by atoms with Crippen molar-refractivity contribution in [1.29, 1.82) is 0 Å². The fourth-order valence-electron chi connectivity index (χ4n) is 2.44. The highest BCUT2D eigenvalue weighted by Gasteiger charge is 2.08. The predicted octanol–water partition coefficient (Wildman–Crippen LogP) is 3.75. The van der Waals surface area contributed by atoms with Gasteiger partial charge in [-0.05, 0) is 37.3 Å². The Morgan fingerprint density at radius 3 is 2.76 bits per heavy atom. The number of aromatic nitrogens is 3. The fraction of sp³-hybridized carbons (Fsp3) is 0.0526. The Labute approximate surface area is 142 Å². The first-order valence-corrected chi connectivity index (χ1v) is 7.65. The van der Waals surface area contributed by atoms with E-state index in [2.05, 4.69) is 15.0 Å². The van der Waals surface area contributed by atoms with Crippen molar-refractivity contribution in [2.45, 2.75) is 6.92 Å². The summed E-state index contributed by atoms with van der Waals surface area (Å²) in [5.41, 5.74) is 1.64. The maximum atomic E-state index is 11.4. The lowest BCUT2D eigenvalue weighted by Crippen LogP contribution is -1.97. The van der Waals surface area contributed by atoms with Gasteiger partial charge in [-0.15, -0.1) is 0 Å². The second-order valence-electron chi connectivity index (χ2n) is 5.47. The summed E-state index contributed by atoms with van der Waals surface area (Å²) in [5, 5.41) is 0.821. The maximum Gasteiger partial charge on any atom is 0.336 e. The summed E-state index contributed by atoms with van der Waals surface area (Å²) in [6.07, 6.45) is 3.39. The van der Waals surface area contributed by atoms with Crippen molar-refractivity contribution in [2.24, 2.45) is 0 Å². The molecule has 6 heteroatoms. The van der Waals surface area contributed by atoms with E-state index < -0.39 is 5.63 Å². The van der Waals surface area contributed by atoms with E-state index in [9.17, 15) is 4.79 Å². The molecule has 0 N–H and O–H groups in total. The van der Waals surface area contributed by atoms with Crippen molar-refractivity contribution in [3.8, 4) is 23.0 Å². The van der Waals surface area contributed by atoms with Crippen molar-refractivity contribution in [1.82, 2.24) is 15.0 Å². The Kier molecular flexibility index (Phi) is 3.70. The number of hydrogen-bond donors (Lipinski definition) is 0. The van der Waals surface area contributed by atoms with Gasteiger partial charge in [-0.3, -0.25) is 4.98 Å². The van der Waals surface area contributed by atoms with Crippen LogP contribution in [0.4, 0.5) is 0 Å². The van der Waals surface area contributed by atoms with Gasteiger partial charge in [0.25, 0.3) is 0 Å². The van der Waals surface area contributed by atoms with Gasteiger partial charge in [0.2, 0.25) is 5.88 Å². The van der Waals surface area contributed by atoms with Gasteiger partial charge in [0.1, 0.15) is 11.3 Å². The summed E-state index contributed by atoms with van der Waals surface area (Å²) in [4.78, 5) is 24.3. The van der Waals surface area contributed by atoms with Crippen LogP contribution in [0.5, 0.6) is 11.6 Å². The number of fused-ring (bicyclic) bond motifs is 1. The highest BCUT2D eigenvalue weighted by molar-refractivity contribution is 5.77. The smallest absolute Gasteiger partial charge is 0.336 e. The molecular formula is C19H13N3O3.